The molecule has 2 rings (SSSR count). The largest absolute Gasteiger partial charge is 0.495 e. The standard InChI is InChI=1S/C14H10Cl3FO/c1-19-12-6-5-8(7-10(12)15)13(16)9-3-2-4-11(18)14(9)17/h2-7,13H,1H3. The Bertz CT molecular complexity index is 601. The molecule has 0 bridgehead atoms. The molecule has 100 valence electrons. The second-order valence-electron chi connectivity index (χ2n) is 3.90. The Morgan fingerprint density at radius 1 is 1.16 bits per heavy atom. The number of rotatable bonds is 3. The van der Waals surface area contributed by atoms with E-state index in [4.69, 9.17) is 39.5 Å². The van der Waals surface area contributed by atoms with Crippen LogP contribution in [0.25, 0.3) is 0 Å². The van der Waals surface area contributed by atoms with Crippen LogP contribution in [0.4, 0.5) is 4.39 Å². The highest BCUT2D eigenvalue weighted by molar-refractivity contribution is 6.33. The molecule has 0 saturated carbocycles. The molecule has 5 heteroatoms. The third kappa shape index (κ3) is 2.97. The Hall–Kier alpha value is -0.960. The molecule has 19 heavy (non-hydrogen) atoms. The minimum atomic E-state index is -0.577. The molecule has 0 spiro atoms. The van der Waals surface area contributed by atoms with Gasteiger partial charge in [-0.2, -0.15) is 0 Å². The van der Waals surface area contributed by atoms with Crippen molar-refractivity contribution < 1.29 is 9.13 Å². The van der Waals surface area contributed by atoms with Gasteiger partial charge < -0.3 is 4.74 Å². The van der Waals surface area contributed by atoms with E-state index in [2.05, 4.69) is 0 Å². The monoisotopic (exact) mass is 318 g/mol. The van der Waals surface area contributed by atoms with Crippen molar-refractivity contribution in [1.29, 1.82) is 0 Å². The smallest absolute Gasteiger partial charge is 0.142 e. The Morgan fingerprint density at radius 2 is 1.89 bits per heavy atom. The van der Waals surface area contributed by atoms with E-state index in [1.165, 1.54) is 13.2 Å². The second kappa shape index (κ2) is 6.00. The van der Waals surface area contributed by atoms with Crippen LogP contribution in [0.15, 0.2) is 36.4 Å². The lowest BCUT2D eigenvalue weighted by molar-refractivity contribution is 0.415. The molecule has 0 aliphatic carbocycles. The predicted octanol–water partition coefficient (Wildman–Crippen LogP) is 5.47. The summed E-state index contributed by atoms with van der Waals surface area (Å²) in [7, 11) is 1.53. The van der Waals surface area contributed by atoms with Gasteiger partial charge >= 0.3 is 0 Å². The maximum atomic E-state index is 13.4. The van der Waals surface area contributed by atoms with Crippen LogP contribution in [0.1, 0.15) is 16.5 Å². The van der Waals surface area contributed by atoms with Gasteiger partial charge in [0.05, 0.1) is 22.5 Å². The van der Waals surface area contributed by atoms with E-state index in [0.29, 0.717) is 16.3 Å². The van der Waals surface area contributed by atoms with Crippen LogP contribution < -0.4 is 4.74 Å². The summed E-state index contributed by atoms with van der Waals surface area (Å²) in [5.74, 6) is 0.0593. The molecule has 1 atom stereocenters. The first-order valence-corrected chi connectivity index (χ1v) is 6.65. The van der Waals surface area contributed by atoms with Gasteiger partial charge in [-0.25, -0.2) is 4.39 Å². The second-order valence-corrected chi connectivity index (χ2v) is 5.12. The fourth-order valence-electron chi connectivity index (χ4n) is 1.74. The van der Waals surface area contributed by atoms with Gasteiger partial charge in [0.1, 0.15) is 11.6 Å². The number of hydrogen-bond acceptors (Lipinski definition) is 1. The third-order valence-corrected chi connectivity index (χ3v) is 3.90. The minimum absolute atomic E-state index is 0.0226. The fraction of sp³-hybridized carbons (Fsp3) is 0.143. The van der Waals surface area contributed by atoms with Crippen molar-refractivity contribution >= 4 is 34.8 Å². The summed E-state index contributed by atoms with van der Waals surface area (Å²) < 4.78 is 18.5. The maximum Gasteiger partial charge on any atom is 0.142 e. The SMILES string of the molecule is COc1ccc(C(Cl)c2cccc(F)c2Cl)cc1Cl. The van der Waals surface area contributed by atoms with E-state index >= 15 is 0 Å². The normalized spacial score (nSPS) is 12.3. The molecule has 0 fully saturated rings. The van der Waals surface area contributed by atoms with Gasteiger partial charge in [0.25, 0.3) is 0 Å². The lowest BCUT2D eigenvalue weighted by atomic mass is 10.0. The average molecular weight is 320 g/mol. The summed E-state index contributed by atoms with van der Waals surface area (Å²) >= 11 is 18.3. The lowest BCUT2D eigenvalue weighted by Crippen LogP contribution is -1.96. The summed E-state index contributed by atoms with van der Waals surface area (Å²) in [6.07, 6.45) is 0. The first-order chi connectivity index (χ1) is 9.04. The van der Waals surface area contributed by atoms with E-state index in [1.807, 2.05) is 0 Å². The van der Waals surface area contributed by atoms with Crippen molar-refractivity contribution in [3.8, 4) is 5.75 Å². The van der Waals surface area contributed by atoms with Crippen LogP contribution in [0, 0.1) is 5.82 Å². The minimum Gasteiger partial charge on any atom is -0.495 e. The Labute approximate surface area is 125 Å². The summed E-state index contributed by atoms with van der Waals surface area (Å²) in [5, 5.41) is -0.112. The molecule has 0 aliphatic rings. The molecule has 0 saturated heterocycles. The summed E-state index contributed by atoms with van der Waals surface area (Å²) in [5.41, 5.74) is 1.23. The van der Waals surface area contributed by atoms with E-state index in [9.17, 15) is 4.39 Å². The quantitative estimate of drug-likeness (QED) is 0.682. The van der Waals surface area contributed by atoms with E-state index < -0.39 is 11.2 Å². The van der Waals surface area contributed by atoms with Crippen molar-refractivity contribution in [1.82, 2.24) is 0 Å². The highest BCUT2D eigenvalue weighted by Crippen LogP contribution is 2.37. The number of alkyl halides is 1. The molecule has 0 aliphatic heterocycles. The number of halogens is 4. The van der Waals surface area contributed by atoms with Crippen LogP contribution >= 0.6 is 34.8 Å². The number of benzene rings is 2. The van der Waals surface area contributed by atoms with Crippen LogP contribution in [-0.4, -0.2) is 7.11 Å². The zero-order valence-electron chi connectivity index (χ0n) is 9.96. The summed E-state index contributed by atoms with van der Waals surface area (Å²) in [6.45, 7) is 0. The average Bonchev–Trinajstić information content (AvgIpc) is 2.41. The predicted molar refractivity (Wildman–Crippen MR) is 77.1 cm³/mol. The molecule has 2 aromatic rings. The van der Waals surface area contributed by atoms with Gasteiger partial charge in [-0.15, -0.1) is 11.6 Å². The van der Waals surface area contributed by atoms with Crippen LogP contribution in [0.3, 0.4) is 0 Å². The van der Waals surface area contributed by atoms with Crippen LogP contribution in [-0.2, 0) is 0 Å². The first-order valence-electron chi connectivity index (χ1n) is 5.46. The molecule has 2 aromatic carbocycles. The highest BCUT2D eigenvalue weighted by atomic mass is 35.5. The van der Waals surface area contributed by atoms with Crippen molar-refractivity contribution in [3.63, 3.8) is 0 Å². The maximum absolute atomic E-state index is 13.4. The lowest BCUT2D eigenvalue weighted by Gasteiger charge is -2.14. The van der Waals surface area contributed by atoms with E-state index in [0.717, 1.165) is 5.56 Å². The molecule has 1 unspecified atom stereocenters. The Balaban J connectivity index is 2.41. The molecule has 0 aromatic heterocycles. The number of hydrogen-bond donors (Lipinski definition) is 0. The molecular formula is C14H10Cl3FO. The third-order valence-electron chi connectivity index (χ3n) is 2.72. The van der Waals surface area contributed by atoms with E-state index in [-0.39, 0.29) is 5.02 Å². The van der Waals surface area contributed by atoms with E-state index in [1.54, 1.807) is 30.3 Å². The first kappa shape index (κ1) is 14.4. The fourth-order valence-corrected chi connectivity index (χ4v) is 2.61. The Morgan fingerprint density at radius 3 is 2.53 bits per heavy atom. The molecule has 1 nitrogen and oxygen atoms in total. The number of methoxy groups -OCH3 is 1. The van der Waals surface area contributed by atoms with Gasteiger partial charge in [0.15, 0.2) is 0 Å². The molecular weight excluding hydrogens is 310 g/mol. The molecule has 0 radical (unpaired) electrons. The zero-order valence-corrected chi connectivity index (χ0v) is 12.2. The van der Waals surface area contributed by atoms with Gasteiger partial charge in [0.2, 0.25) is 0 Å². The zero-order chi connectivity index (χ0) is 14.0. The summed E-state index contributed by atoms with van der Waals surface area (Å²) in [6, 6.07) is 9.69. The van der Waals surface area contributed by atoms with Crippen molar-refractivity contribution in [2.75, 3.05) is 7.11 Å². The number of ether oxygens (including phenoxy) is 1. The summed E-state index contributed by atoms with van der Waals surface area (Å²) in [4.78, 5) is 0. The van der Waals surface area contributed by atoms with Crippen molar-refractivity contribution in [2.45, 2.75) is 5.38 Å². The van der Waals surface area contributed by atoms with Crippen LogP contribution in [0.2, 0.25) is 10.0 Å². The Kier molecular flexibility index (Phi) is 4.56. The molecule has 0 heterocycles. The van der Waals surface area contributed by atoms with Gasteiger partial charge in [-0.3, -0.25) is 0 Å². The topological polar surface area (TPSA) is 9.23 Å². The van der Waals surface area contributed by atoms with Gasteiger partial charge in [0, 0.05) is 0 Å². The van der Waals surface area contributed by atoms with Crippen LogP contribution in [0.5, 0.6) is 5.75 Å². The van der Waals surface area contributed by atoms with Crippen molar-refractivity contribution in [2.24, 2.45) is 0 Å². The van der Waals surface area contributed by atoms with Gasteiger partial charge in [-0.1, -0.05) is 41.4 Å². The highest BCUT2D eigenvalue weighted by Gasteiger charge is 2.17. The molecule has 0 N–H and O–H groups in total. The molecule has 0 amide bonds. The van der Waals surface area contributed by atoms with Gasteiger partial charge in [-0.05, 0) is 29.3 Å². The van der Waals surface area contributed by atoms with Crippen molar-refractivity contribution in [3.05, 3.63) is 63.4 Å².